The van der Waals surface area contributed by atoms with Gasteiger partial charge in [-0.25, -0.2) is 0 Å². The highest BCUT2D eigenvalue weighted by Crippen LogP contribution is 2.16. The molecule has 0 spiro atoms. The second-order valence-corrected chi connectivity index (χ2v) is 19.2. The molecule has 0 bridgehead atoms. The average molecular weight is 926 g/mol. The summed E-state index contributed by atoms with van der Waals surface area (Å²) in [5, 5.41) is 0. The van der Waals surface area contributed by atoms with E-state index in [-0.39, 0.29) is 31.1 Å². The van der Waals surface area contributed by atoms with Gasteiger partial charge in [-0.15, -0.1) is 0 Å². The third-order valence-corrected chi connectivity index (χ3v) is 12.6. The van der Waals surface area contributed by atoms with Crippen LogP contribution in [0.25, 0.3) is 0 Å². The van der Waals surface area contributed by atoms with Crippen molar-refractivity contribution in [2.75, 3.05) is 13.2 Å². The zero-order chi connectivity index (χ0) is 47.9. The molecule has 0 saturated heterocycles. The molecule has 0 N–H and O–H groups in total. The van der Waals surface area contributed by atoms with Crippen LogP contribution in [0.4, 0.5) is 0 Å². The molecule has 0 aromatic rings. The summed E-state index contributed by atoms with van der Waals surface area (Å²) in [6, 6.07) is 0. The van der Waals surface area contributed by atoms with Crippen molar-refractivity contribution in [3.63, 3.8) is 0 Å². The predicted molar refractivity (Wildman–Crippen MR) is 284 cm³/mol. The lowest BCUT2D eigenvalue weighted by Gasteiger charge is -2.18. The Morgan fingerprint density at radius 2 is 0.591 bits per heavy atom. The number of rotatable bonds is 52. The van der Waals surface area contributed by atoms with Crippen LogP contribution in [0, 0.1) is 0 Å². The lowest BCUT2D eigenvalue weighted by molar-refractivity contribution is -0.167. The van der Waals surface area contributed by atoms with Gasteiger partial charge in [0.05, 0.1) is 0 Å². The van der Waals surface area contributed by atoms with Crippen LogP contribution in [0.15, 0.2) is 48.6 Å². The molecule has 0 saturated carbocycles. The maximum Gasteiger partial charge on any atom is 0.306 e. The predicted octanol–water partition coefficient (Wildman–Crippen LogP) is 19.0. The molecule has 0 aliphatic carbocycles. The van der Waals surface area contributed by atoms with E-state index in [2.05, 4.69) is 69.4 Å². The van der Waals surface area contributed by atoms with Crippen molar-refractivity contribution in [2.24, 2.45) is 0 Å². The fraction of sp³-hybridized carbons (Fsp3) is 0.817. The van der Waals surface area contributed by atoms with E-state index >= 15 is 0 Å². The first-order chi connectivity index (χ1) is 32.5. The van der Waals surface area contributed by atoms with Gasteiger partial charge < -0.3 is 14.2 Å². The molecule has 0 amide bonds. The van der Waals surface area contributed by atoms with Crippen molar-refractivity contribution in [3.05, 3.63) is 48.6 Å². The number of allylic oxidation sites excluding steroid dienone is 8. The average Bonchev–Trinajstić information content (AvgIpc) is 3.31. The summed E-state index contributed by atoms with van der Waals surface area (Å²) in [4.78, 5) is 38.1. The topological polar surface area (TPSA) is 78.9 Å². The lowest BCUT2D eigenvalue weighted by atomic mass is 10.0. The summed E-state index contributed by atoms with van der Waals surface area (Å²) in [5.41, 5.74) is 0. The Kier molecular flexibility index (Phi) is 52.8. The fourth-order valence-electron chi connectivity index (χ4n) is 8.28. The second kappa shape index (κ2) is 55.0. The van der Waals surface area contributed by atoms with E-state index < -0.39 is 6.10 Å². The van der Waals surface area contributed by atoms with Gasteiger partial charge in [0.2, 0.25) is 0 Å². The van der Waals surface area contributed by atoms with E-state index in [1.807, 2.05) is 0 Å². The second-order valence-electron chi connectivity index (χ2n) is 19.2. The number of unbranched alkanes of at least 4 members (excludes halogenated alkanes) is 33. The largest absolute Gasteiger partial charge is 0.462 e. The molecular weight excluding hydrogens is 817 g/mol. The Hall–Kier alpha value is -2.63. The van der Waals surface area contributed by atoms with E-state index in [1.165, 1.54) is 167 Å². The number of esters is 3. The number of hydrogen-bond acceptors (Lipinski definition) is 6. The standard InChI is InChI=1S/C60H108O6/c1-4-7-10-13-16-19-22-25-27-29-30-31-33-35-38-41-44-47-50-53-59(62)65-56-57(55-64-58(61)52-49-46-43-40-37-34-24-21-18-15-12-9-6-3)66-60(63)54-51-48-45-42-39-36-32-28-26-23-20-17-14-11-8-5-2/h8,11,17,20,26,28-30,57H,4-7,9-10,12-16,18-19,21-25,27,31-56H2,1-3H3/b11-8-,20-17-,28-26-,30-29-. The molecule has 0 aliphatic rings. The maximum atomic E-state index is 12.8. The quantitative estimate of drug-likeness (QED) is 0.0262. The first-order valence-electron chi connectivity index (χ1n) is 28.6. The first kappa shape index (κ1) is 63.4. The van der Waals surface area contributed by atoms with Gasteiger partial charge in [0.15, 0.2) is 6.10 Å². The zero-order valence-electron chi connectivity index (χ0n) is 44.0. The summed E-state index contributed by atoms with van der Waals surface area (Å²) in [6.45, 7) is 6.54. The van der Waals surface area contributed by atoms with Crippen molar-refractivity contribution in [1.82, 2.24) is 0 Å². The molecule has 0 radical (unpaired) electrons. The molecule has 0 rings (SSSR count). The monoisotopic (exact) mass is 925 g/mol. The van der Waals surface area contributed by atoms with E-state index in [4.69, 9.17) is 14.2 Å². The van der Waals surface area contributed by atoms with Gasteiger partial charge in [0.1, 0.15) is 13.2 Å². The molecule has 66 heavy (non-hydrogen) atoms. The molecule has 1 atom stereocenters. The molecule has 0 aromatic heterocycles. The minimum Gasteiger partial charge on any atom is -0.462 e. The molecule has 0 aliphatic heterocycles. The Balaban J connectivity index is 4.35. The van der Waals surface area contributed by atoms with Gasteiger partial charge in [0.25, 0.3) is 0 Å². The number of carbonyl (C=O) groups excluding carboxylic acids is 3. The normalized spacial score (nSPS) is 12.3. The van der Waals surface area contributed by atoms with Crippen LogP contribution in [0.5, 0.6) is 0 Å². The van der Waals surface area contributed by atoms with Crippen molar-refractivity contribution >= 4 is 17.9 Å². The van der Waals surface area contributed by atoms with Crippen LogP contribution in [-0.4, -0.2) is 37.2 Å². The third-order valence-electron chi connectivity index (χ3n) is 12.6. The minimum atomic E-state index is -0.779. The van der Waals surface area contributed by atoms with Crippen LogP contribution >= 0.6 is 0 Å². The zero-order valence-corrected chi connectivity index (χ0v) is 44.0. The number of ether oxygens (including phenoxy) is 3. The molecular formula is C60H108O6. The van der Waals surface area contributed by atoms with Gasteiger partial charge in [0, 0.05) is 19.3 Å². The molecule has 384 valence electrons. The molecule has 0 fully saturated rings. The minimum absolute atomic E-state index is 0.0770. The Morgan fingerprint density at radius 3 is 0.939 bits per heavy atom. The third kappa shape index (κ3) is 52.3. The van der Waals surface area contributed by atoms with Crippen molar-refractivity contribution in [3.8, 4) is 0 Å². The Bertz CT molecular complexity index is 1150. The van der Waals surface area contributed by atoms with Crippen LogP contribution in [-0.2, 0) is 28.6 Å². The van der Waals surface area contributed by atoms with E-state index in [9.17, 15) is 14.4 Å². The Labute approximate surface area is 409 Å². The summed E-state index contributed by atoms with van der Waals surface area (Å²) in [7, 11) is 0. The van der Waals surface area contributed by atoms with E-state index in [0.29, 0.717) is 19.3 Å². The van der Waals surface area contributed by atoms with Gasteiger partial charge in [-0.3, -0.25) is 14.4 Å². The molecule has 0 heterocycles. The highest BCUT2D eigenvalue weighted by Gasteiger charge is 2.19. The summed E-state index contributed by atoms with van der Waals surface area (Å²) >= 11 is 0. The SMILES string of the molecule is CC/C=C\C/C=C\C/C=C\CCCCCCCCC(=O)OC(COC(=O)CCCCCCCCC/C=C\CCCCCCCCCC)COC(=O)CCCCCCCCCCCCCCC. The number of carbonyl (C=O) groups is 3. The molecule has 6 nitrogen and oxygen atoms in total. The van der Waals surface area contributed by atoms with Crippen molar-refractivity contribution in [1.29, 1.82) is 0 Å². The van der Waals surface area contributed by atoms with Crippen LogP contribution < -0.4 is 0 Å². The first-order valence-corrected chi connectivity index (χ1v) is 28.6. The summed E-state index contributed by atoms with van der Waals surface area (Å²) in [5.74, 6) is -0.881. The fourth-order valence-corrected chi connectivity index (χ4v) is 8.28. The Morgan fingerprint density at radius 1 is 0.318 bits per heavy atom. The smallest absolute Gasteiger partial charge is 0.306 e. The van der Waals surface area contributed by atoms with Crippen LogP contribution in [0.1, 0.15) is 297 Å². The van der Waals surface area contributed by atoms with Crippen LogP contribution in [0.2, 0.25) is 0 Å². The van der Waals surface area contributed by atoms with Gasteiger partial charge in [-0.05, 0) is 77.0 Å². The molecule has 1 unspecified atom stereocenters. The molecule has 0 aromatic carbocycles. The van der Waals surface area contributed by atoms with Crippen molar-refractivity contribution < 1.29 is 28.6 Å². The summed E-state index contributed by atoms with van der Waals surface area (Å²) in [6.07, 6.45) is 66.7. The van der Waals surface area contributed by atoms with Crippen LogP contribution in [0.3, 0.4) is 0 Å². The summed E-state index contributed by atoms with van der Waals surface area (Å²) < 4.78 is 16.9. The maximum absolute atomic E-state index is 12.8. The lowest BCUT2D eigenvalue weighted by Crippen LogP contribution is -2.30. The number of hydrogen-bond donors (Lipinski definition) is 0. The highest BCUT2D eigenvalue weighted by atomic mass is 16.6. The highest BCUT2D eigenvalue weighted by molar-refractivity contribution is 5.71. The molecule has 6 heteroatoms. The van der Waals surface area contributed by atoms with Crippen molar-refractivity contribution in [2.45, 2.75) is 303 Å². The van der Waals surface area contributed by atoms with E-state index in [1.54, 1.807) is 0 Å². The van der Waals surface area contributed by atoms with E-state index in [0.717, 1.165) is 89.9 Å². The van der Waals surface area contributed by atoms with Gasteiger partial charge >= 0.3 is 17.9 Å². The van der Waals surface area contributed by atoms with Gasteiger partial charge in [-0.2, -0.15) is 0 Å². The van der Waals surface area contributed by atoms with Gasteiger partial charge in [-0.1, -0.05) is 249 Å².